The molecular weight excluding hydrogens is 276 g/mol. The molecular formula is C13H16N4O2S. The van der Waals surface area contributed by atoms with Gasteiger partial charge in [0.05, 0.1) is 10.9 Å². The Labute approximate surface area is 117 Å². The molecule has 6 nitrogen and oxygen atoms in total. The molecule has 7 heteroatoms. The molecule has 0 aliphatic carbocycles. The Balaban J connectivity index is 2.11. The maximum atomic E-state index is 11.6. The molecule has 0 bridgehead atoms. The minimum Gasteiger partial charge on any atom is -0.308 e. The molecule has 1 aliphatic rings. The largest absolute Gasteiger partial charge is 0.308 e. The molecule has 1 aromatic heterocycles. The second kappa shape index (κ2) is 4.68. The van der Waals surface area contributed by atoms with Crippen molar-refractivity contribution in [2.75, 3.05) is 12.8 Å². The van der Waals surface area contributed by atoms with Gasteiger partial charge in [-0.2, -0.15) is 0 Å². The fraction of sp³-hybridized carbons (Fsp3) is 0.385. The van der Waals surface area contributed by atoms with Crippen LogP contribution in [0.15, 0.2) is 29.2 Å². The third-order valence-electron chi connectivity index (χ3n) is 3.47. The summed E-state index contributed by atoms with van der Waals surface area (Å²) >= 11 is 0. The third kappa shape index (κ3) is 2.23. The highest BCUT2D eigenvalue weighted by atomic mass is 32.2. The van der Waals surface area contributed by atoms with E-state index in [1.807, 2.05) is 17.6 Å². The number of aromatic nitrogens is 3. The third-order valence-corrected chi connectivity index (χ3v) is 4.58. The summed E-state index contributed by atoms with van der Waals surface area (Å²) in [5.74, 6) is 1.61. The normalized spacial score (nSPS) is 18.8. The minimum absolute atomic E-state index is 0.156. The first-order valence-electron chi connectivity index (χ1n) is 6.44. The van der Waals surface area contributed by atoms with Gasteiger partial charge in [0.2, 0.25) is 0 Å². The Morgan fingerprint density at radius 1 is 1.35 bits per heavy atom. The highest BCUT2D eigenvalue weighted by molar-refractivity contribution is 7.90. The van der Waals surface area contributed by atoms with E-state index in [0.29, 0.717) is 4.90 Å². The summed E-state index contributed by atoms with van der Waals surface area (Å²) in [7, 11) is -3.22. The molecule has 0 fully saturated rings. The first-order valence-corrected chi connectivity index (χ1v) is 8.33. The molecule has 1 atom stereocenters. The quantitative estimate of drug-likeness (QED) is 0.894. The van der Waals surface area contributed by atoms with Crippen LogP contribution in [-0.2, 0) is 16.4 Å². The van der Waals surface area contributed by atoms with Crippen LogP contribution in [0.1, 0.15) is 18.8 Å². The number of hydrogen-bond donors (Lipinski definition) is 1. The number of hydrogen-bond acceptors (Lipinski definition) is 5. The Bertz CT molecular complexity index is 751. The van der Waals surface area contributed by atoms with Crippen molar-refractivity contribution in [1.82, 2.24) is 20.1 Å². The van der Waals surface area contributed by atoms with Gasteiger partial charge in [-0.25, -0.2) is 8.42 Å². The fourth-order valence-electron chi connectivity index (χ4n) is 2.42. The van der Waals surface area contributed by atoms with Crippen LogP contribution in [0.3, 0.4) is 0 Å². The second-order valence-corrected chi connectivity index (χ2v) is 7.02. The lowest BCUT2D eigenvalue weighted by molar-refractivity contribution is 0.439. The molecule has 1 N–H and O–H groups in total. The van der Waals surface area contributed by atoms with E-state index in [9.17, 15) is 8.42 Å². The van der Waals surface area contributed by atoms with Gasteiger partial charge in [0.15, 0.2) is 15.7 Å². The average molecular weight is 292 g/mol. The lowest BCUT2D eigenvalue weighted by atomic mass is 10.2. The van der Waals surface area contributed by atoms with Gasteiger partial charge in [0.1, 0.15) is 5.82 Å². The van der Waals surface area contributed by atoms with Crippen molar-refractivity contribution in [2.45, 2.75) is 24.4 Å². The monoisotopic (exact) mass is 292 g/mol. The zero-order valence-electron chi connectivity index (χ0n) is 11.4. The molecule has 3 rings (SSSR count). The van der Waals surface area contributed by atoms with Crippen molar-refractivity contribution in [1.29, 1.82) is 0 Å². The minimum atomic E-state index is -3.22. The first-order chi connectivity index (χ1) is 9.47. The van der Waals surface area contributed by atoms with Crippen molar-refractivity contribution >= 4 is 9.84 Å². The zero-order valence-corrected chi connectivity index (χ0v) is 12.2. The predicted octanol–water partition coefficient (Wildman–Crippen LogP) is 1.01. The van der Waals surface area contributed by atoms with E-state index >= 15 is 0 Å². The van der Waals surface area contributed by atoms with Crippen molar-refractivity contribution < 1.29 is 8.42 Å². The van der Waals surface area contributed by atoms with Crippen LogP contribution in [0.2, 0.25) is 0 Å². The lowest BCUT2D eigenvalue weighted by Gasteiger charge is -2.21. The van der Waals surface area contributed by atoms with Crippen LogP contribution in [0.5, 0.6) is 0 Å². The van der Waals surface area contributed by atoms with Crippen LogP contribution in [0.25, 0.3) is 11.4 Å². The smallest absolute Gasteiger partial charge is 0.175 e. The number of rotatable bonds is 2. The highest BCUT2D eigenvalue weighted by Gasteiger charge is 2.22. The lowest BCUT2D eigenvalue weighted by Crippen LogP contribution is -2.32. The van der Waals surface area contributed by atoms with Crippen LogP contribution in [0.4, 0.5) is 0 Å². The molecule has 0 radical (unpaired) electrons. The van der Waals surface area contributed by atoms with Gasteiger partial charge < -0.3 is 9.88 Å². The summed E-state index contributed by atoms with van der Waals surface area (Å²) < 4.78 is 25.3. The molecule has 1 aliphatic heterocycles. The number of nitrogens with one attached hydrogen (secondary N) is 1. The maximum absolute atomic E-state index is 11.6. The SMILES string of the molecule is CC1NCCn2c(-c3cccc(S(C)(=O)=O)c3)nnc21. The number of benzene rings is 1. The number of fused-ring (bicyclic) bond motifs is 1. The molecule has 0 saturated heterocycles. The van der Waals surface area contributed by atoms with E-state index in [4.69, 9.17) is 0 Å². The summed E-state index contributed by atoms with van der Waals surface area (Å²) in [6, 6.07) is 7.00. The van der Waals surface area contributed by atoms with Gasteiger partial charge in [-0.3, -0.25) is 0 Å². The molecule has 0 amide bonds. The van der Waals surface area contributed by atoms with Gasteiger partial charge in [-0.1, -0.05) is 12.1 Å². The molecule has 0 spiro atoms. The summed E-state index contributed by atoms with van der Waals surface area (Å²) in [5, 5.41) is 11.7. The molecule has 2 aromatic rings. The average Bonchev–Trinajstić information content (AvgIpc) is 2.83. The van der Waals surface area contributed by atoms with E-state index in [1.165, 1.54) is 6.26 Å². The number of nitrogens with zero attached hydrogens (tertiary/aromatic N) is 3. The van der Waals surface area contributed by atoms with Crippen molar-refractivity contribution in [3.63, 3.8) is 0 Å². The van der Waals surface area contributed by atoms with Gasteiger partial charge in [-0.15, -0.1) is 10.2 Å². The van der Waals surface area contributed by atoms with E-state index < -0.39 is 9.84 Å². The summed E-state index contributed by atoms with van der Waals surface area (Å²) in [4.78, 5) is 0.300. The predicted molar refractivity (Wildman–Crippen MR) is 75.0 cm³/mol. The molecule has 2 heterocycles. The van der Waals surface area contributed by atoms with Gasteiger partial charge in [0, 0.05) is 24.9 Å². The van der Waals surface area contributed by atoms with Crippen LogP contribution >= 0.6 is 0 Å². The Kier molecular flexibility index (Phi) is 3.10. The van der Waals surface area contributed by atoms with Crippen molar-refractivity contribution in [3.05, 3.63) is 30.1 Å². The Morgan fingerprint density at radius 2 is 2.15 bits per heavy atom. The van der Waals surface area contributed by atoms with E-state index in [-0.39, 0.29) is 6.04 Å². The standard InChI is InChI=1S/C13H16N4O2S/c1-9-12-15-16-13(17(12)7-6-14-9)10-4-3-5-11(8-10)20(2,18)19/h3-5,8-9,14H,6-7H2,1-2H3. The van der Waals surface area contributed by atoms with Crippen molar-refractivity contribution in [2.24, 2.45) is 0 Å². The van der Waals surface area contributed by atoms with Gasteiger partial charge in [0.25, 0.3) is 0 Å². The molecule has 1 aromatic carbocycles. The van der Waals surface area contributed by atoms with E-state index in [2.05, 4.69) is 15.5 Å². The summed E-state index contributed by atoms with van der Waals surface area (Å²) in [6.45, 7) is 3.67. The van der Waals surface area contributed by atoms with E-state index in [0.717, 1.165) is 30.3 Å². The van der Waals surface area contributed by atoms with Crippen LogP contribution < -0.4 is 5.32 Å². The fourth-order valence-corrected chi connectivity index (χ4v) is 3.09. The molecule has 20 heavy (non-hydrogen) atoms. The van der Waals surface area contributed by atoms with Crippen LogP contribution in [0, 0.1) is 0 Å². The van der Waals surface area contributed by atoms with E-state index in [1.54, 1.807) is 18.2 Å². The molecule has 0 saturated carbocycles. The molecule has 1 unspecified atom stereocenters. The molecule has 106 valence electrons. The maximum Gasteiger partial charge on any atom is 0.175 e. The second-order valence-electron chi connectivity index (χ2n) is 5.01. The van der Waals surface area contributed by atoms with Crippen molar-refractivity contribution in [3.8, 4) is 11.4 Å². The summed E-state index contributed by atoms with van der Waals surface area (Å²) in [6.07, 6.45) is 1.21. The van der Waals surface area contributed by atoms with Gasteiger partial charge in [-0.05, 0) is 19.1 Å². The summed E-state index contributed by atoms with van der Waals surface area (Å²) in [5.41, 5.74) is 0.778. The zero-order chi connectivity index (χ0) is 14.3. The highest BCUT2D eigenvalue weighted by Crippen LogP contribution is 2.25. The first kappa shape index (κ1) is 13.3. The number of sulfone groups is 1. The topological polar surface area (TPSA) is 76.9 Å². The Hall–Kier alpha value is -1.73. The van der Waals surface area contributed by atoms with Crippen LogP contribution in [-0.4, -0.2) is 36.0 Å². The van der Waals surface area contributed by atoms with Gasteiger partial charge >= 0.3 is 0 Å². The Morgan fingerprint density at radius 3 is 2.90 bits per heavy atom.